The molecule has 0 bridgehead atoms. The lowest BCUT2D eigenvalue weighted by atomic mass is 9.99. The monoisotopic (exact) mass is 408 g/mol. The molecule has 2 aromatic carbocycles. The Morgan fingerprint density at radius 2 is 1.96 bits per heavy atom. The molecule has 3 rings (SSSR count). The Morgan fingerprint density at radius 1 is 1.22 bits per heavy atom. The molecule has 27 heavy (non-hydrogen) atoms. The Bertz CT molecular complexity index is 838. The van der Waals surface area contributed by atoms with Gasteiger partial charge in [0.1, 0.15) is 11.9 Å². The van der Waals surface area contributed by atoms with Crippen molar-refractivity contribution >= 4 is 35.1 Å². The average Bonchev–Trinajstić information content (AvgIpc) is 2.60. The molecule has 0 saturated carbocycles. The molecule has 2 aromatic rings. The number of carbonyl (C=O) groups excluding carboxylic acids is 2. The molecular weight excluding hydrogens is 391 g/mol. The fourth-order valence-corrected chi connectivity index (χ4v) is 3.56. The maximum Gasteiger partial charge on any atom is 0.343 e. The number of cyclic esters (lactones) is 1. The molecule has 1 heterocycles. The van der Waals surface area contributed by atoms with E-state index in [4.69, 9.17) is 32.7 Å². The van der Waals surface area contributed by atoms with Gasteiger partial charge in [-0.05, 0) is 37.1 Å². The minimum Gasteiger partial charge on any atom is -0.462 e. The number of aliphatic hydroxyl groups is 1. The van der Waals surface area contributed by atoms with Crippen LogP contribution in [0.5, 0.6) is 5.75 Å². The third kappa shape index (κ3) is 5.22. The third-order valence-corrected chi connectivity index (χ3v) is 4.84. The van der Waals surface area contributed by atoms with Gasteiger partial charge in [-0.2, -0.15) is 0 Å². The Hall–Kier alpha value is -2.08. The van der Waals surface area contributed by atoms with Crippen molar-refractivity contribution in [1.29, 1.82) is 0 Å². The first-order valence-electron chi connectivity index (χ1n) is 8.55. The van der Waals surface area contributed by atoms with Gasteiger partial charge in [0.05, 0.1) is 18.1 Å². The van der Waals surface area contributed by atoms with E-state index in [0.717, 1.165) is 0 Å². The first-order chi connectivity index (χ1) is 12.9. The lowest BCUT2D eigenvalue weighted by Gasteiger charge is -2.26. The van der Waals surface area contributed by atoms with Crippen molar-refractivity contribution in [3.8, 4) is 5.75 Å². The number of benzene rings is 2. The molecular formula is C20H18Cl2O5. The summed E-state index contributed by atoms with van der Waals surface area (Å²) < 4.78 is 10.8. The highest BCUT2D eigenvalue weighted by atomic mass is 35.5. The molecule has 2 atom stereocenters. The molecule has 5 nitrogen and oxygen atoms in total. The van der Waals surface area contributed by atoms with Crippen LogP contribution in [0, 0.1) is 0 Å². The zero-order valence-electron chi connectivity index (χ0n) is 14.4. The van der Waals surface area contributed by atoms with Crippen LogP contribution in [0.25, 0.3) is 0 Å². The van der Waals surface area contributed by atoms with Crippen LogP contribution in [0.1, 0.15) is 35.2 Å². The van der Waals surface area contributed by atoms with Gasteiger partial charge in [-0.25, -0.2) is 4.79 Å². The summed E-state index contributed by atoms with van der Waals surface area (Å²) in [4.78, 5) is 23.9. The number of ether oxygens (including phenoxy) is 2. The summed E-state index contributed by atoms with van der Waals surface area (Å²) in [5.74, 6) is -0.671. The van der Waals surface area contributed by atoms with Crippen LogP contribution in [0.2, 0.25) is 10.0 Å². The van der Waals surface area contributed by atoms with E-state index in [0.29, 0.717) is 40.4 Å². The minimum absolute atomic E-state index is 0.0120. The predicted octanol–water partition coefficient (Wildman–Crippen LogP) is 4.21. The summed E-state index contributed by atoms with van der Waals surface area (Å²) in [6.07, 6.45) is 0.116. The summed E-state index contributed by atoms with van der Waals surface area (Å²) >= 11 is 12.4. The standard InChI is InChI=1S/C20H18Cl2O5/c21-13-8-17(22)16(7-6-15-10-14(23)11-19(24)26-15)18(9-13)27-20(25)12-4-2-1-3-5-12/h1-5,8-9,14-15,23H,6-7,10-11H2. The molecule has 2 unspecified atom stereocenters. The largest absolute Gasteiger partial charge is 0.462 e. The second-order valence-electron chi connectivity index (χ2n) is 6.36. The molecule has 0 radical (unpaired) electrons. The number of carbonyl (C=O) groups is 2. The maximum atomic E-state index is 12.4. The van der Waals surface area contributed by atoms with Crippen molar-refractivity contribution in [1.82, 2.24) is 0 Å². The van der Waals surface area contributed by atoms with E-state index in [1.54, 1.807) is 36.4 Å². The lowest BCUT2D eigenvalue weighted by molar-refractivity contribution is -0.160. The average molecular weight is 409 g/mol. The normalized spacial score (nSPS) is 19.4. The van der Waals surface area contributed by atoms with Crippen molar-refractivity contribution in [2.45, 2.75) is 37.9 Å². The van der Waals surface area contributed by atoms with Gasteiger partial charge >= 0.3 is 11.9 Å². The summed E-state index contributed by atoms with van der Waals surface area (Å²) in [5.41, 5.74) is 1.00. The van der Waals surface area contributed by atoms with E-state index in [9.17, 15) is 14.7 Å². The van der Waals surface area contributed by atoms with Crippen LogP contribution in [0.15, 0.2) is 42.5 Å². The summed E-state index contributed by atoms with van der Waals surface area (Å²) in [6, 6.07) is 11.7. The van der Waals surface area contributed by atoms with Gasteiger partial charge in [0, 0.05) is 22.0 Å². The molecule has 0 spiro atoms. The van der Waals surface area contributed by atoms with E-state index in [1.807, 2.05) is 0 Å². The fourth-order valence-electron chi connectivity index (χ4n) is 2.99. The van der Waals surface area contributed by atoms with Crippen molar-refractivity contribution in [2.24, 2.45) is 0 Å². The molecule has 0 amide bonds. The van der Waals surface area contributed by atoms with Crippen molar-refractivity contribution in [3.05, 3.63) is 63.6 Å². The highest BCUT2D eigenvalue weighted by molar-refractivity contribution is 6.35. The van der Waals surface area contributed by atoms with E-state index in [1.165, 1.54) is 6.07 Å². The fraction of sp³-hybridized carbons (Fsp3) is 0.300. The summed E-state index contributed by atoms with van der Waals surface area (Å²) in [5, 5.41) is 10.4. The van der Waals surface area contributed by atoms with Gasteiger partial charge in [-0.3, -0.25) is 4.79 Å². The first-order valence-corrected chi connectivity index (χ1v) is 9.30. The zero-order valence-corrected chi connectivity index (χ0v) is 15.9. The highest BCUT2D eigenvalue weighted by Crippen LogP contribution is 2.33. The van der Waals surface area contributed by atoms with Crippen LogP contribution in [-0.4, -0.2) is 29.3 Å². The molecule has 0 aliphatic carbocycles. The lowest BCUT2D eigenvalue weighted by Crippen LogP contribution is -2.32. The number of aliphatic hydroxyl groups excluding tert-OH is 1. The maximum absolute atomic E-state index is 12.4. The summed E-state index contributed by atoms with van der Waals surface area (Å²) in [6.45, 7) is 0. The molecule has 1 aliphatic rings. The second kappa shape index (κ2) is 8.74. The predicted molar refractivity (Wildman–Crippen MR) is 101 cm³/mol. The van der Waals surface area contributed by atoms with Gasteiger partial charge < -0.3 is 14.6 Å². The second-order valence-corrected chi connectivity index (χ2v) is 7.21. The van der Waals surface area contributed by atoms with Gasteiger partial charge in [0.25, 0.3) is 0 Å². The number of rotatable bonds is 5. The van der Waals surface area contributed by atoms with Crippen LogP contribution >= 0.6 is 23.2 Å². The van der Waals surface area contributed by atoms with E-state index in [2.05, 4.69) is 0 Å². The van der Waals surface area contributed by atoms with E-state index in [-0.39, 0.29) is 12.2 Å². The molecule has 1 aliphatic heterocycles. The molecule has 1 N–H and O–H groups in total. The Balaban J connectivity index is 1.76. The Morgan fingerprint density at radius 3 is 2.67 bits per heavy atom. The number of esters is 2. The van der Waals surface area contributed by atoms with Gasteiger partial charge in [0.2, 0.25) is 0 Å². The SMILES string of the molecule is O=C1CC(O)CC(CCc2c(Cl)cc(Cl)cc2OC(=O)c2ccccc2)O1. The number of hydrogen-bond donors (Lipinski definition) is 1. The molecule has 1 saturated heterocycles. The van der Waals surface area contributed by atoms with Gasteiger partial charge in [-0.1, -0.05) is 41.4 Å². The smallest absolute Gasteiger partial charge is 0.343 e. The topological polar surface area (TPSA) is 72.8 Å². The molecule has 7 heteroatoms. The quantitative estimate of drug-likeness (QED) is 0.592. The molecule has 142 valence electrons. The number of halogens is 2. The Kier molecular flexibility index (Phi) is 6.37. The van der Waals surface area contributed by atoms with Crippen LogP contribution < -0.4 is 4.74 Å². The van der Waals surface area contributed by atoms with Crippen molar-refractivity contribution < 1.29 is 24.2 Å². The van der Waals surface area contributed by atoms with Gasteiger partial charge in [-0.15, -0.1) is 0 Å². The van der Waals surface area contributed by atoms with E-state index >= 15 is 0 Å². The molecule has 0 aromatic heterocycles. The van der Waals surface area contributed by atoms with Crippen LogP contribution in [0.4, 0.5) is 0 Å². The third-order valence-electron chi connectivity index (χ3n) is 4.28. The summed E-state index contributed by atoms with van der Waals surface area (Å²) in [7, 11) is 0. The zero-order chi connectivity index (χ0) is 19.4. The van der Waals surface area contributed by atoms with Crippen molar-refractivity contribution in [2.75, 3.05) is 0 Å². The highest BCUT2D eigenvalue weighted by Gasteiger charge is 2.27. The van der Waals surface area contributed by atoms with Gasteiger partial charge in [0.15, 0.2) is 0 Å². The van der Waals surface area contributed by atoms with Crippen LogP contribution in [-0.2, 0) is 16.0 Å². The van der Waals surface area contributed by atoms with Crippen LogP contribution in [0.3, 0.4) is 0 Å². The minimum atomic E-state index is -0.702. The number of hydrogen-bond acceptors (Lipinski definition) is 5. The molecule has 1 fully saturated rings. The van der Waals surface area contributed by atoms with Crippen molar-refractivity contribution in [3.63, 3.8) is 0 Å². The Labute approximate surface area is 166 Å². The van der Waals surface area contributed by atoms with E-state index < -0.39 is 24.1 Å². The first kappa shape index (κ1) is 19.7.